The Balaban J connectivity index is 1.74. The second kappa shape index (κ2) is 9.53. The number of nitrogens with one attached hydrogen (secondary N) is 3. The molecule has 0 spiro atoms. The summed E-state index contributed by atoms with van der Waals surface area (Å²) in [7, 11) is 3.33. The summed E-state index contributed by atoms with van der Waals surface area (Å²) in [6.07, 6.45) is 0. The third-order valence-corrected chi connectivity index (χ3v) is 3.68. The van der Waals surface area contributed by atoms with Crippen molar-refractivity contribution in [3.63, 3.8) is 0 Å². The lowest BCUT2D eigenvalue weighted by molar-refractivity contribution is -0.862. The molecule has 6 nitrogen and oxygen atoms in total. The highest BCUT2D eigenvalue weighted by atomic mass is 19.1. The molecule has 3 N–H and O–H groups in total. The number of benzene rings is 2. The molecule has 0 aliphatic rings. The highest BCUT2D eigenvalue weighted by molar-refractivity contribution is 5.91. The van der Waals surface area contributed by atoms with E-state index in [1.807, 2.05) is 0 Å². The molecule has 0 aliphatic carbocycles. The van der Waals surface area contributed by atoms with Gasteiger partial charge in [0.1, 0.15) is 11.6 Å². The molecule has 0 aliphatic heterocycles. The van der Waals surface area contributed by atoms with Gasteiger partial charge >= 0.3 is 0 Å². The Labute approximate surface area is 152 Å². The maximum atomic E-state index is 12.8. The van der Waals surface area contributed by atoms with Crippen molar-refractivity contribution in [1.82, 2.24) is 5.32 Å². The van der Waals surface area contributed by atoms with Crippen molar-refractivity contribution in [2.45, 2.75) is 6.54 Å². The predicted molar refractivity (Wildman–Crippen MR) is 96.5 cm³/mol. The van der Waals surface area contributed by atoms with E-state index in [9.17, 15) is 14.0 Å². The quantitative estimate of drug-likeness (QED) is 0.646. The van der Waals surface area contributed by atoms with Gasteiger partial charge in [0.2, 0.25) is 0 Å². The second-order valence-corrected chi connectivity index (χ2v) is 5.99. The lowest BCUT2D eigenvalue weighted by atomic mass is 10.2. The van der Waals surface area contributed by atoms with E-state index >= 15 is 0 Å². The van der Waals surface area contributed by atoms with Gasteiger partial charge in [0.05, 0.1) is 14.2 Å². The van der Waals surface area contributed by atoms with Crippen LogP contribution in [0.5, 0.6) is 5.75 Å². The number of likely N-dealkylation sites (N-methyl/N-ethyl adjacent to an activating group) is 1. The minimum absolute atomic E-state index is 0.154. The molecule has 2 rings (SSSR count). The Bertz CT molecular complexity index is 750. The first-order valence-corrected chi connectivity index (χ1v) is 8.22. The molecule has 0 aromatic heterocycles. The van der Waals surface area contributed by atoms with Crippen LogP contribution in [0.4, 0.5) is 10.1 Å². The zero-order chi connectivity index (χ0) is 18.9. The third kappa shape index (κ3) is 6.52. The van der Waals surface area contributed by atoms with Crippen molar-refractivity contribution < 1.29 is 23.6 Å². The predicted octanol–water partition coefficient (Wildman–Crippen LogP) is 0.604. The van der Waals surface area contributed by atoms with Gasteiger partial charge in [-0.3, -0.25) is 9.59 Å². The second-order valence-electron chi connectivity index (χ2n) is 5.99. The lowest BCUT2D eigenvalue weighted by Gasteiger charge is -2.14. The van der Waals surface area contributed by atoms with Gasteiger partial charge in [-0.25, -0.2) is 4.39 Å². The molecule has 138 valence electrons. The molecule has 2 aromatic carbocycles. The van der Waals surface area contributed by atoms with E-state index in [1.165, 1.54) is 12.1 Å². The number of rotatable bonds is 8. The fourth-order valence-electron chi connectivity index (χ4n) is 2.38. The average molecular weight is 360 g/mol. The maximum absolute atomic E-state index is 12.8. The first-order chi connectivity index (χ1) is 12.5. The van der Waals surface area contributed by atoms with Crippen molar-refractivity contribution in [2.24, 2.45) is 0 Å². The zero-order valence-corrected chi connectivity index (χ0v) is 14.8. The molecule has 0 saturated heterocycles. The van der Waals surface area contributed by atoms with E-state index in [0.717, 1.165) is 10.5 Å². The van der Waals surface area contributed by atoms with Gasteiger partial charge in [0.25, 0.3) is 11.8 Å². The monoisotopic (exact) mass is 360 g/mol. The zero-order valence-electron chi connectivity index (χ0n) is 14.8. The van der Waals surface area contributed by atoms with E-state index < -0.39 is 0 Å². The topological polar surface area (TPSA) is 71.9 Å². The molecule has 2 aromatic rings. The molecular weight excluding hydrogens is 337 g/mol. The molecule has 0 fully saturated rings. The first-order valence-electron chi connectivity index (χ1n) is 8.22. The van der Waals surface area contributed by atoms with Crippen molar-refractivity contribution in [3.05, 3.63) is 59.9 Å². The molecule has 1 unspecified atom stereocenters. The number of hydrogen-bond acceptors (Lipinski definition) is 3. The summed E-state index contributed by atoms with van der Waals surface area (Å²) in [4.78, 5) is 24.8. The van der Waals surface area contributed by atoms with Gasteiger partial charge in [-0.05, 0) is 29.8 Å². The summed E-state index contributed by atoms with van der Waals surface area (Å²) < 4.78 is 18.0. The number of halogens is 1. The summed E-state index contributed by atoms with van der Waals surface area (Å²) in [5.41, 5.74) is 1.45. The van der Waals surface area contributed by atoms with Gasteiger partial charge in [0, 0.05) is 18.3 Å². The summed E-state index contributed by atoms with van der Waals surface area (Å²) in [5.74, 6) is -0.0296. The smallest absolute Gasteiger partial charge is 0.279 e. The van der Waals surface area contributed by atoms with Crippen LogP contribution in [0.25, 0.3) is 0 Å². The molecule has 26 heavy (non-hydrogen) atoms. The van der Waals surface area contributed by atoms with Gasteiger partial charge in [0.15, 0.2) is 13.1 Å². The Morgan fingerprint density at radius 1 is 1.08 bits per heavy atom. The normalized spacial score (nSPS) is 11.5. The minimum Gasteiger partial charge on any atom is -0.497 e. The number of ether oxygens (including phenoxy) is 1. The highest BCUT2D eigenvalue weighted by Crippen LogP contribution is 2.16. The number of hydrogen-bond donors (Lipinski definition) is 3. The van der Waals surface area contributed by atoms with Crippen LogP contribution in [0.1, 0.15) is 5.56 Å². The third-order valence-electron chi connectivity index (χ3n) is 3.68. The van der Waals surface area contributed by atoms with Crippen LogP contribution in [0.3, 0.4) is 0 Å². The molecule has 7 heteroatoms. The number of anilines is 1. The molecule has 2 amide bonds. The summed E-state index contributed by atoms with van der Waals surface area (Å²) >= 11 is 0. The summed E-state index contributed by atoms with van der Waals surface area (Å²) in [6.45, 7) is 0.635. The minimum atomic E-state index is -0.314. The fourth-order valence-corrected chi connectivity index (χ4v) is 2.38. The van der Waals surface area contributed by atoms with Crippen molar-refractivity contribution >= 4 is 17.5 Å². The number of carbonyl (C=O) groups excluding carboxylic acids is 2. The number of amides is 2. The summed E-state index contributed by atoms with van der Waals surface area (Å²) in [5, 5.41) is 5.53. The van der Waals surface area contributed by atoms with E-state index in [0.29, 0.717) is 18.0 Å². The molecule has 0 radical (unpaired) electrons. The van der Waals surface area contributed by atoms with Crippen molar-refractivity contribution in [3.8, 4) is 5.75 Å². The van der Waals surface area contributed by atoms with Gasteiger partial charge < -0.3 is 20.3 Å². The van der Waals surface area contributed by atoms with Crippen LogP contribution in [0.2, 0.25) is 0 Å². The SMILES string of the molecule is COc1cccc(NC(=O)C[NH+](C)CC(=O)NCc2ccc(F)cc2)c1. The lowest BCUT2D eigenvalue weighted by Crippen LogP contribution is -3.11. The Hall–Kier alpha value is -2.93. The standard InChI is InChI=1S/C19H22FN3O3/c1-23(12-18(24)21-11-14-6-8-15(20)9-7-14)13-19(25)22-16-4-3-5-17(10-16)26-2/h3-10H,11-13H2,1-2H3,(H,21,24)(H,22,25)/p+1. The van der Waals surface area contributed by atoms with Crippen molar-refractivity contribution in [1.29, 1.82) is 0 Å². The molecule has 0 bridgehead atoms. The van der Waals surface area contributed by atoms with Gasteiger partial charge in [-0.15, -0.1) is 0 Å². The number of methoxy groups -OCH3 is 1. The van der Waals surface area contributed by atoms with E-state index in [2.05, 4.69) is 10.6 Å². The fraction of sp³-hybridized carbons (Fsp3) is 0.263. The molecule has 0 heterocycles. The Morgan fingerprint density at radius 2 is 1.77 bits per heavy atom. The van der Waals surface area contributed by atoms with E-state index in [-0.39, 0.29) is 30.7 Å². The van der Waals surface area contributed by atoms with Crippen LogP contribution in [-0.2, 0) is 16.1 Å². The largest absolute Gasteiger partial charge is 0.497 e. The van der Waals surface area contributed by atoms with Crippen LogP contribution in [0.15, 0.2) is 48.5 Å². The average Bonchev–Trinajstić information content (AvgIpc) is 2.61. The van der Waals surface area contributed by atoms with Crippen LogP contribution in [0, 0.1) is 5.82 Å². The van der Waals surface area contributed by atoms with E-state index in [1.54, 1.807) is 50.6 Å². The molecule has 0 saturated carbocycles. The summed E-state index contributed by atoms with van der Waals surface area (Å²) in [6, 6.07) is 13.0. The number of carbonyl (C=O) groups is 2. The maximum Gasteiger partial charge on any atom is 0.279 e. The first kappa shape index (κ1) is 19.4. The van der Waals surface area contributed by atoms with E-state index in [4.69, 9.17) is 4.74 Å². The Kier molecular flexibility index (Phi) is 7.11. The Morgan fingerprint density at radius 3 is 2.46 bits per heavy atom. The van der Waals surface area contributed by atoms with Crippen molar-refractivity contribution in [2.75, 3.05) is 32.6 Å². The van der Waals surface area contributed by atoms with Gasteiger partial charge in [-0.2, -0.15) is 0 Å². The highest BCUT2D eigenvalue weighted by Gasteiger charge is 2.14. The molecule has 1 atom stereocenters. The number of quaternary nitrogens is 1. The molecular formula is C19H23FN3O3+. The van der Waals surface area contributed by atoms with Crippen LogP contribution >= 0.6 is 0 Å². The van der Waals surface area contributed by atoms with Crippen LogP contribution < -0.4 is 20.3 Å². The van der Waals surface area contributed by atoms with Crippen LogP contribution in [-0.4, -0.2) is 39.1 Å². The van der Waals surface area contributed by atoms with Gasteiger partial charge in [-0.1, -0.05) is 18.2 Å².